The lowest BCUT2D eigenvalue weighted by Gasteiger charge is -2.11. The van der Waals surface area contributed by atoms with Crippen molar-refractivity contribution in [3.63, 3.8) is 0 Å². The zero-order chi connectivity index (χ0) is 30.7. The van der Waals surface area contributed by atoms with Crippen molar-refractivity contribution in [2.24, 2.45) is 0 Å². The number of hydrogen-bond donors (Lipinski definition) is 1. The molecule has 0 aliphatic heterocycles. The molecule has 0 aromatic carbocycles. The van der Waals surface area contributed by atoms with E-state index in [0.29, 0.717) is 6.61 Å². The summed E-state index contributed by atoms with van der Waals surface area (Å²) in [5.74, 6) is 0. The first-order valence-electron chi connectivity index (χ1n) is 19.9. The maximum atomic E-state index is 8.79. The van der Waals surface area contributed by atoms with E-state index in [-0.39, 0.29) is 0 Å². The second-order valence-corrected chi connectivity index (χ2v) is 21.6. The number of hydrogen-bond acceptors (Lipinski definition) is 1. The third-order valence-electron chi connectivity index (χ3n) is 9.43. The first kappa shape index (κ1) is 42.5. The molecule has 0 aliphatic carbocycles. The molecule has 1 nitrogen and oxygen atoms in total. The van der Waals surface area contributed by atoms with E-state index in [1.807, 2.05) is 0 Å². The minimum absolute atomic E-state index is 0.373. The van der Waals surface area contributed by atoms with Gasteiger partial charge in [0.05, 0.1) is 0 Å². The van der Waals surface area contributed by atoms with Crippen LogP contribution in [0, 0.1) is 0 Å². The molecule has 0 atom stereocenters. The Balaban J connectivity index is 3.04. The summed E-state index contributed by atoms with van der Waals surface area (Å²) in [5, 5.41) is 8.79. The maximum absolute atomic E-state index is 8.79. The summed E-state index contributed by atoms with van der Waals surface area (Å²) in [7, 11) is -1.31. The summed E-state index contributed by atoms with van der Waals surface area (Å²) in [6.07, 6.45) is 50.2. The highest BCUT2D eigenvalue weighted by molar-refractivity contribution is 7.19. The van der Waals surface area contributed by atoms with Gasteiger partial charge < -0.3 is 5.11 Å². The van der Waals surface area contributed by atoms with Gasteiger partial charge in [0, 0.05) is 6.61 Å². The highest BCUT2D eigenvalue weighted by Crippen LogP contribution is 2.20. The number of unbranched alkanes of at least 4 members (excludes halogenated alkanes) is 34. The molecule has 1 N–H and O–H groups in total. The van der Waals surface area contributed by atoms with Crippen LogP contribution in [-0.2, 0) is 0 Å². The largest absolute Gasteiger partial charge is 0.396 e. The van der Waals surface area contributed by atoms with Gasteiger partial charge >= 0.3 is 0 Å². The average Bonchev–Trinajstić information content (AvgIpc) is 2.96. The molecular formula is C39H81ClOSi. The molecule has 0 radical (unpaired) electrons. The van der Waals surface area contributed by atoms with E-state index in [2.05, 4.69) is 13.1 Å². The molecule has 0 saturated heterocycles. The lowest BCUT2D eigenvalue weighted by atomic mass is 10.0. The highest BCUT2D eigenvalue weighted by atomic mass is 35.6. The molecule has 0 unspecified atom stereocenters. The van der Waals surface area contributed by atoms with Crippen molar-refractivity contribution in [3.8, 4) is 0 Å². The normalized spacial score (nSPS) is 12.0. The van der Waals surface area contributed by atoms with E-state index in [9.17, 15) is 0 Å². The van der Waals surface area contributed by atoms with E-state index >= 15 is 0 Å². The quantitative estimate of drug-likeness (QED) is 0.0412. The summed E-state index contributed by atoms with van der Waals surface area (Å²) in [5.41, 5.74) is 0. The van der Waals surface area contributed by atoms with Crippen LogP contribution in [0.2, 0.25) is 19.1 Å². The van der Waals surface area contributed by atoms with Crippen LogP contribution in [0.5, 0.6) is 0 Å². The molecule has 0 amide bonds. The average molecular weight is 630 g/mol. The zero-order valence-electron chi connectivity index (χ0n) is 29.5. The Bertz CT molecular complexity index is 477. The Labute approximate surface area is 273 Å². The topological polar surface area (TPSA) is 20.2 Å². The summed E-state index contributed by atoms with van der Waals surface area (Å²) in [6, 6.07) is 1.30. The van der Waals surface area contributed by atoms with Gasteiger partial charge in [-0.2, -0.15) is 11.1 Å². The molecule has 0 aliphatic rings. The Morgan fingerprint density at radius 1 is 0.286 bits per heavy atom. The van der Waals surface area contributed by atoms with Crippen molar-refractivity contribution in [2.75, 3.05) is 6.61 Å². The molecule has 0 aromatic heterocycles. The Hall–Kier alpha value is 0.467. The van der Waals surface area contributed by atoms with Crippen molar-refractivity contribution in [3.05, 3.63) is 0 Å². The maximum Gasteiger partial charge on any atom is 0.150 e. The van der Waals surface area contributed by atoms with Crippen LogP contribution in [0.4, 0.5) is 0 Å². The number of aliphatic hydroxyl groups excluding tert-OH is 1. The summed E-state index contributed by atoms with van der Waals surface area (Å²) in [6.45, 7) is 4.92. The van der Waals surface area contributed by atoms with E-state index in [1.165, 1.54) is 224 Å². The van der Waals surface area contributed by atoms with E-state index in [4.69, 9.17) is 16.2 Å². The molecule has 42 heavy (non-hydrogen) atoms. The van der Waals surface area contributed by atoms with Gasteiger partial charge in [-0.05, 0) is 12.5 Å². The van der Waals surface area contributed by atoms with Gasteiger partial charge in [0.1, 0.15) is 7.38 Å². The molecule has 0 spiro atoms. The van der Waals surface area contributed by atoms with Crippen LogP contribution in [-0.4, -0.2) is 19.1 Å². The van der Waals surface area contributed by atoms with E-state index < -0.39 is 7.38 Å². The van der Waals surface area contributed by atoms with Crippen molar-refractivity contribution >= 4 is 18.5 Å². The first-order chi connectivity index (χ1) is 20.6. The molecular weight excluding hydrogens is 548 g/mol. The van der Waals surface area contributed by atoms with Gasteiger partial charge in [0.2, 0.25) is 0 Å². The first-order valence-corrected chi connectivity index (χ1v) is 24.1. The van der Waals surface area contributed by atoms with Gasteiger partial charge in [0.15, 0.2) is 0 Å². The van der Waals surface area contributed by atoms with Gasteiger partial charge in [-0.1, -0.05) is 231 Å². The van der Waals surface area contributed by atoms with Crippen molar-refractivity contribution in [1.82, 2.24) is 0 Å². The third kappa shape index (κ3) is 40.5. The molecule has 0 bridgehead atoms. The predicted molar refractivity (Wildman–Crippen MR) is 197 cm³/mol. The smallest absolute Gasteiger partial charge is 0.150 e. The van der Waals surface area contributed by atoms with Crippen LogP contribution in [0.25, 0.3) is 0 Å². The lowest BCUT2D eigenvalue weighted by molar-refractivity contribution is 0.282. The second-order valence-electron chi connectivity index (χ2n) is 14.6. The predicted octanol–water partition coefficient (Wildman–Crippen LogP) is 15.1. The monoisotopic (exact) mass is 629 g/mol. The van der Waals surface area contributed by atoms with E-state index in [0.717, 1.165) is 6.42 Å². The molecule has 254 valence electrons. The molecule has 0 fully saturated rings. The fourth-order valence-corrected chi connectivity index (χ4v) is 7.98. The SMILES string of the molecule is C[Si](C)(Cl)CCCCCCCCCCCCCCCCCCCCCCCCCCCCCCCCCCCCCO. The summed E-state index contributed by atoms with van der Waals surface area (Å²) < 4.78 is 0. The summed E-state index contributed by atoms with van der Waals surface area (Å²) >= 11 is 6.40. The molecule has 0 saturated carbocycles. The van der Waals surface area contributed by atoms with Crippen LogP contribution in [0.3, 0.4) is 0 Å². The van der Waals surface area contributed by atoms with Crippen LogP contribution >= 0.6 is 11.1 Å². The minimum Gasteiger partial charge on any atom is -0.396 e. The van der Waals surface area contributed by atoms with Crippen LogP contribution < -0.4 is 0 Å². The molecule has 3 heteroatoms. The summed E-state index contributed by atoms with van der Waals surface area (Å²) in [4.78, 5) is 0. The number of halogens is 1. The zero-order valence-corrected chi connectivity index (χ0v) is 31.2. The minimum atomic E-state index is -1.31. The Morgan fingerprint density at radius 3 is 0.571 bits per heavy atom. The Kier molecular flexibility index (Phi) is 36.3. The standard InChI is InChI=1S/C39H81ClOSi/c1-42(2,40)39-37-35-33-31-29-27-25-23-21-19-17-15-13-11-9-7-5-3-4-6-8-10-12-14-16-18-20-22-24-26-28-30-32-34-36-38-41/h41H,3-39H2,1-2H3. The van der Waals surface area contributed by atoms with Gasteiger partial charge in [-0.25, -0.2) is 0 Å². The molecule has 0 rings (SSSR count). The second kappa shape index (κ2) is 35.9. The third-order valence-corrected chi connectivity index (χ3v) is 11.5. The fraction of sp³-hybridized carbons (Fsp3) is 1.00. The lowest BCUT2D eigenvalue weighted by Crippen LogP contribution is -2.14. The van der Waals surface area contributed by atoms with Crippen molar-refractivity contribution < 1.29 is 5.11 Å². The molecule has 0 heterocycles. The van der Waals surface area contributed by atoms with E-state index in [1.54, 1.807) is 0 Å². The van der Waals surface area contributed by atoms with Crippen LogP contribution in [0.1, 0.15) is 225 Å². The van der Waals surface area contributed by atoms with Gasteiger partial charge in [0.25, 0.3) is 0 Å². The van der Waals surface area contributed by atoms with Crippen molar-refractivity contribution in [1.29, 1.82) is 0 Å². The van der Waals surface area contributed by atoms with Gasteiger partial charge in [-0.15, -0.1) is 0 Å². The van der Waals surface area contributed by atoms with Gasteiger partial charge in [-0.3, -0.25) is 0 Å². The van der Waals surface area contributed by atoms with Crippen LogP contribution in [0.15, 0.2) is 0 Å². The van der Waals surface area contributed by atoms with Crippen molar-refractivity contribution in [2.45, 2.75) is 244 Å². The number of rotatable bonds is 37. The highest BCUT2D eigenvalue weighted by Gasteiger charge is 2.15. The Morgan fingerprint density at radius 2 is 0.429 bits per heavy atom. The fourth-order valence-electron chi connectivity index (χ4n) is 6.49. The number of aliphatic hydroxyl groups is 1. The molecule has 0 aromatic rings.